The normalized spacial score (nSPS) is 20.6. The van der Waals surface area contributed by atoms with Gasteiger partial charge in [0.1, 0.15) is 17.6 Å². The summed E-state index contributed by atoms with van der Waals surface area (Å²) in [6.45, 7) is 2.25. The number of likely N-dealkylation sites (tertiary alicyclic amines) is 1. The van der Waals surface area contributed by atoms with E-state index in [0.717, 1.165) is 34.5 Å². The molecule has 6 nitrogen and oxygen atoms in total. The van der Waals surface area contributed by atoms with Crippen LogP contribution in [0.3, 0.4) is 0 Å². The lowest BCUT2D eigenvalue weighted by Crippen LogP contribution is -2.29. The van der Waals surface area contributed by atoms with E-state index >= 15 is 0 Å². The molecule has 5 rings (SSSR count). The Balaban J connectivity index is 1.62. The van der Waals surface area contributed by atoms with E-state index in [1.807, 2.05) is 92.6 Å². The van der Waals surface area contributed by atoms with Crippen LogP contribution in [0.15, 0.2) is 78.4 Å². The van der Waals surface area contributed by atoms with Crippen molar-refractivity contribution in [2.45, 2.75) is 32.0 Å². The fourth-order valence-electron chi connectivity index (χ4n) is 4.85. The van der Waals surface area contributed by atoms with Crippen LogP contribution < -0.4 is 9.64 Å². The molecular weight excluding hydrogens is 440 g/mol. The van der Waals surface area contributed by atoms with Crippen molar-refractivity contribution in [2.75, 3.05) is 19.0 Å². The van der Waals surface area contributed by atoms with Gasteiger partial charge in [-0.15, -0.1) is 0 Å². The van der Waals surface area contributed by atoms with Gasteiger partial charge in [-0.25, -0.2) is 0 Å². The molecule has 178 valence electrons. The number of benzene rings is 3. The number of amides is 1. The summed E-state index contributed by atoms with van der Waals surface area (Å²) in [5.74, 6) is -0.669. The summed E-state index contributed by atoms with van der Waals surface area (Å²) in [6, 6.07) is 22.0. The van der Waals surface area contributed by atoms with Gasteiger partial charge in [-0.2, -0.15) is 0 Å². The third-order valence-corrected chi connectivity index (χ3v) is 6.63. The molecule has 2 atom stereocenters. The monoisotopic (exact) mass is 468 g/mol. The molecule has 1 N–H and O–H groups in total. The zero-order valence-electron chi connectivity index (χ0n) is 20.1. The van der Waals surface area contributed by atoms with Gasteiger partial charge >= 0.3 is 0 Å². The fraction of sp³-hybridized carbons (Fsp3) is 0.241. The minimum Gasteiger partial charge on any atom is -0.507 e. The molecule has 0 aliphatic carbocycles. The molecular formula is C29H28N2O4. The molecule has 0 saturated carbocycles. The number of Topliss-reactive ketones (excluding diaryl/α,β-unsaturated/α-hetero) is 1. The SMILES string of the molecule is CC1Cc2cc(/C(O)=C3/C(=O)C(=O)N(Cc4ccccc4)C3c3ccc(N(C)C)cc3)ccc2O1. The van der Waals surface area contributed by atoms with Crippen LogP contribution in [0.2, 0.25) is 0 Å². The van der Waals surface area contributed by atoms with Gasteiger partial charge in [0.2, 0.25) is 0 Å². The number of anilines is 1. The van der Waals surface area contributed by atoms with E-state index in [9.17, 15) is 14.7 Å². The van der Waals surface area contributed by atoms with Crippen LogP contribution in [-0.4, -0.2) is 41.9 Å². The highest BCUT2D eigenvalue weighted by molar-refractivity contribution is 6.46. The zero-order chi connectivity index (χ0) is 24.7. The molecule has 3 aromatic carbocycles. The molecule has 1 saturated heterocycles. The largest absolute Gasteiger partial charge is 0.507 e. The highest BCUT2D eigenvalue weighted by atomic mass is 16.5. The summed E-state index contributed by atoms with van der Waals surface area (Å²) in [5.41, 5.74) is 4.27. The van der Waals surface area contributed by atoms with Gasteiger partial charge in [-0.05, 0) is 53.9 Å². The van der Waals surface area contributed by atoms with E-state index in [1.165, 1.54) is 0 Å². The van der Waals surface area contributed by atoms with Crippen LogP contribution in [0, 0.1) is 0 Å². The number of hydrogen-bond acceptors (Lipinski definition) is 5. The lowest BCUT2D eigenvalue weighted by molar-refractivity contribution is -0.140. The van der Waals surface area contributed by atoms with Gasteiger partial charge in [0.25, 0.3) is 11.7 Å². The molecule has 3 aromatic rings. The molecule has 0 spiro atoms. The van der Waals surface area contributed by atoms with E-state index < -0.39 is 17.7 Å². The first-order valence-corrected chi connectivity index (χ1v) is 11.7. The van der Waals surface area contributed by atoms with Crippen LogP contribution in [0.5, 0.6) is 5.75 Å². The summed E-state index contributed by atoms with van der Waals surface area (Å²) >= 11 is 0. The second-order valence-corrected chi connectivity index (χ2v) is 9.35. The fourth-order valence-corrected chi connectivity index (χ4v) is 4.85. The predicted molar refractivity (Wildman–Crippen MR) is 135 cm³/mol. The highest BCUT2D eigenvalue weighted by Crippen LogP contribution is 2.41. The third-order valence-electron chi connectivity index (χ3n) is 6.63. The Bertz CT molecular complexity index is 1310. The van der Waals surface area contributed by atoms with Crippen LogP contribution in [0.1, 0.15) is 35.2 Å². The van der Waals surface area contributed by atoms with Crippen molar-refractivity contribution in [3.8, 4) is 5.75 Å². The van der Waals surface area contributed by atoms with E-state index in [1.54, 1.807) is 11.0 Å². The summed E-state index contributed by atoms with van der Waals surface area (Å²) < 4.78 is 5.78. The van der Waals surface area contributed by atoms with Gasteiger partial charge in [0.05, 0.1) is 11.6 Å². The molecule has 0 radical (unpaired) electrons. The number of hydrogen-bond donors (Lipinski definition) is 1. The Morgan fingerprint density at radius 2 is 1.74 bits per heavy atom. The van der Waals surface area contributed by atoms with Gasteiger partial charge in [-0.1, -0.05) is 42.5 Å². The van der Waals surface area contributed by atoms with Gasteiger partial charge in [-0.3, -0.25) is 9.59 Å². The number of rotatable bonds is 5. The van der Waals surface area contributed by atoms with Crippen molar-refractivity contribution in [1.82, 2.24) is 4.90 Å². The Kier molecular flexibility index (Phi) is 5.81. The number of fused-ring (bicyclic) bond motifs is 1. The first kappa shape index (κ1) is 22.7. The van der Waals surface area contributed by atoms with E-state index in [2.05, 4.69) is 0 Å². The quantitative estimate of drug-likeness (QED) is 0.334. The van der Waals surface area contributed by atoms with E-state index in [4.69, 9.17) is 4.74 Å². The molecule has 0 bridgehead atoms. The lowest BCUT2D eigenvalue weighted by Gasteiger charge is -2.26. The van der Waals surface area contributed by atoms with Crippen LogP contribution >= 0.6 is 0 Å². The molecule has 2 aliphatic heterocycles. The molecule has 2 heterocycles. The Morgan fingerprint density at radius 3 is 2.43 bits per heavy atom. The number of ketones is 1. The van der Waals surface area contributed by atoms with Crippen molar-refractivity contribution in [2.24, 2.45) is 0 Å². The summed E-state index contributed by atoms with van der Waals surface area (Å²) in [4.78, 5) is 30.1. The van der Waals surface area contributed by atoms with Gasteiger partial charge in [0.15, 0.2) is 0 Å². The van der Waals surface area contributed by atoms with Crippen LogP contribution in [-0.2, 0) is 22.6 Å². The maximum atomic E-state index is 13.3. The minimum atomic E-state index is -0.699. The topological polar surface area (TPSA) is 70.1 Å². The van der Waals surface area contributed by atoms with Gasteiger partial charge in [0, 0.05) is 38.3 Å². The number of aliphatic hydroxyl groups excluding tert-OH is 1. The van der Waals surface area contributed by atoms with Crippen LogP contribution in [0.4, 0.5) is 5.69 Å². The maximum absolute atomic E-state index is 13.3. The Morgan fingerprint density at radius 1 is 1.03 bits per heavy atom. The summed E-state index contributed by atoms with van der Waals surface area (Å²) in [7, 11) is 3.91. The van der Waals surface area contributed by atoms with Crippen LogP contribution in [0.25, 0.3) is 5.76 Å². The molecule has 1 amide bonds. The zero-order valence-corrected chi connectivity index (χ0v) is 20.1. The highest BCUT2D eigenvalue weighted by Gasteiger charge is 2.46. The van der Waals surface area contributed by atoms with Crippen molar-refractivity contribution < 1.29 is 19.4 Å². The molecule has 0 aromatic heterocycles. The molecule has 6 heteroatoms. The molecule has 1 fully saturated rings. The Hall–Kier alpha value is -4.06. The average molecular weight is 469 g/mol. The predicted octanol–water partition coefficient (Wildman–Crippen LogP) is 4.70. The first-order valence-electron chi connectivity index (χ1n) is 11.7. The second kappa shape index (κ2) is 8.95. The second-order valence-electron chi connectivity index (χ2n) is 9.35. The van der Waals surface area contributed by atoms with Gasteiger partial charge < -0.3 is 19.6 Å². The minimum absolute atomic E-state index is 0.0639. The standard InChI is InChI=1S/C29H28N2O4/c1-18-15-22-16-21(11-14-24(22)35-18)27(32)25-26(20-9-12-23(13-10-20)30(2)3)31(29(34)28(25)33)17-19-7-5-4-6-8-19/h4-14,16,18,26,32H,15,17H2,1-3H3/b27-25-. The summed E-state index contributed by atoms with van der Waals surface area (Å²) in [5, 5.41) is 11.4. The van der Waals surface area contributed by atoms with Crippen molar-refractivity contribution in [1.29, 1.82) is 0 Å². The molecule has 2 aliphatic rings. The lowest BCUT2D eigenvalue weighted by atomic mass is 9.94. The molecule has 2 unspecified atom stereocenters. The first-order chi connectivity index (χ1) is 16.8. The number of carbonyl (C=O) groups excluding carboxylic acids is 2. The van der Waals surface area contributed by atoms with E-state index in [0.29, 0.717) is 5.56 Å². The van der Waals surface area contributed by atoms with Crippen molar-refractivity contribution in [3.63, 3.8) is 0 Å². The summed E-state index contributed by atoms with van der Waals surface area (Å²) in [6.07, 6.45) is 0.794. The van der Waals surface area contributed by atoms with E-state index in [-0.39, 0.29) is 24.0 Å². The van der Waals surface area contributed by atoms with Crippen molar-refractivity contribution in [3.05, 3.63) is 101 Å². The number of nitrogens with zero attached hydrogens (tertiary/aromatic N) is 2. The average Bonchev–Trinajstić information content (AvgIpc) is 3.35. The number of ether oxygens (including phenoxy) is 1. The van der Waals surface area contributed by atoms with Crippen molar-refractivity contribution >= 4 is 23.1 Å². The number of carbonyl (C=O) groups is 2. The number of aliphatic hydroxyl groups is 1. The molecule has 35 heavy (non-hydrogen) atoms. The third kappa shape index (κ3) is 4.16. The Labute approximate surface area is 205 Å². The smallest absolute Gasteiger partial charge is 0.295 e. The maximum Gasteiger partial charge on any atom is 0.295 e.